The number of aryl methyl sites for hydroxylation is 2. The molecule has 7 nitrogen and oxygen atoms in total. The maximum Gasteiger partial charge on any atom is 0.418 e. The number of rotatable bonds is 5. The highest BCUT2D eigenvalue weighted by molar-refractivity contribution is 5.97. The number of para-hydroxylation sites is 1. The number of carbonyl (C=O) groups excluding carboxylic acids is 2. The monoisotopic (exact) mass is 487 g/mol. The van der Waals surface area contributed by atoms with E-state index < -0.39 is 35.9 Å². The van der Waals surface area contributed by atoms with E-state index in [-0.39, 0.29) is 5.41 Å². The van der Waals surface area contributed by atoms with Gasteiger partial charge in [0, 0.05) is 11.5 Å². The fraction of sp³-hybridized carbons (Fsp3) is 0.320. The maximum atomic E-state index is 13.1. The lowest BCUT2D eigenvalue weighted by molar-refractivity contribution is -0.136. The molecule has 2 aromatic carbocycles. The summed E-state index contributed by atoms with van der Waals surface area (Å²) in [4.78, 5) is 24.8. The average molecular weight is 488 g/mol. The van der Waals surface area contributed by atoms with Crippen LogP contribution in [0.25, 0.3) is 5.69 Å². The molecule has 3 N–H and O–H groups in total. The summed E-state index contributed by atoms with van der Waals surface area (Å²) in [5, 5.41) is 11.8. The van der Waals surface area contributed by atoms with Crippen molar-refractivity contribution < 1.29 is 22.8 Å². The fourth-order valence-electron chi connectivity index (χ4n) is 3.42. The van der Waals surface area contributed by atoms with Crippen molar-refractivity contribution in [2.24, 2.45) is 0 Å². The van der Waals surface area contributed by atoms with E-state index in [9.17, 15) is 22.8 Å². The number of aromatic nitrogens is 2. The Morgan fingerprint density at radius 3 is 2.29 bits per heavy atom. The highest BCUT2D eigenvalue weighted by Gasteiger charge is 2.33. The topological polar surface area (TPSA) is 88.1 Å². The first-order valence-corrected chi connectivity index (χ1v) is 10.9. The minimum absolute atomic E-state index is 0.284. The standard InChI is InChI=1S/C25H28F3N5O2/c1-15-10-11-19(16(2)12-15)33-21(13-20(32-33)24(3,4)5)31-22(34)14-29-23(35)30-18-9-7-6-8-17(18)25(26,27)28/h6-13H,14H2,1-5H3,(H,31,34)(H2,29,30,35). The van der Waals surface area contributed by atoms with E-state index >= 15 is 0 Å². The predicted molar refractivity (Wildman–Crippen MR) is 129 cm³/mol. The molecule has 0 saturated carbocycles. The van der Waals surface area contributed by atoms with Crippen LogP contribution in [0.1, 0.15) is 43.2 Å². The van der Waals surface area contributed by atoms with E-state index in [0.29, 0.717) is 5.82 Å². The molecule has 0 spiro atoms. The van der Waals surface area contributed by atoms with E-state index in [1.165, 1.54) is 12.1 Å². The Balaban J connectivity index is 1.74. The van der Waals surface area contributed by atoms with Gasteiger partial charge >= 0.3 is 12.2 Å². The summed E-state index contributed by atoms with van der Waals surface area (Å²) in [6.07, 6.45) is -4.63. The van der Waals surface area contributed by atoms with Crippen LogP contribution in [0, 0.1) is 13.8 Å². The van der Waals surface area contributed by atoms with Crippen molar-refractivity contribution >= 4 is 23.4 Å². The molecule has 186 valence electrons. The first-order valence-electron chi connectivity index (χ1n) is 10.9. The minimum Gasteiger partial charge on any atom is -0.329 e. The van der Waals surface area contributed by atoms with Crippen molar-refractivity contribution in [2.45, 2.75) is 46.2 Å². The van der Waals surface area contributed by atoms with Gasteiger partial charge in [-0.2, -0.15) is 18.3 Å². The molecule has 10 heteroatoms. The number of hydrogen-bond donors (Lipinski definition) is 3. The summed E-state index contributed by atoms with van der Waals surface area (Å²) < 4.78 is 41.0. The molecule has 0 atom stereocenters. The van der Waals surface area contributed by atoms with Crippen molar-refractivity contribution in [3.63, 3.8) is 0 Å². The van der Waals surface area contributed by atoms with Crippen molar-refractivity contribution in [1.82, 2.24) is 15.1 Å². The van der Waals surface area contributed by atoms with Gasteiger partial charge in [-0.05, 0) is 37.6 Å². The predicted octanol–water partition coefficient (Wildman–Crippen LogP) is 5.57. The van der Waals surface area contributed by atoms with Crippen molar-refractivity contribution in [3.8, 4) is 5.69 Å². The average Bonchev–Trinajstić information content (AvgIpc) is 3.16. The molecule has 0 aliphatic heterocycles. The van der Waals surface area contributed by atoms with Gasteiger partial charge in [0.15, 0.2) is 0 Å². The van der Waals surface area contributed by atoms with Crippen molar-refractivity contribution in [1.29, 1.82) is 0 Å². The summed E-state index contributed by atoms with van der Waals surface area (Å²) in [6, 6.07) is 11.3. The van der Waals surface area contributed by atoms with Gasteiger partial charge in [-0.1, -0.05) is 50.6 Å². The van der Waals surface area contributed by atoms with E-state index in [1.54, 1.807) is 10.7 Å². The number of nitrogens with one attached hydrogen (secondary N) is 3. The Kier molecular flexibility index (Phi) is 7.23. The number of benzene rings is 2. The van der Waals surface area contributed by atoms with E-state index in [1.807, 2.05) is 52.8 Å². The smallest absolute Gasteiger partial charge is 0.329 e. The summed E-state index contributed by atoms with van der Waals surface area (Å²) in [7, 11) is 0. The van der Waals surface area contributed by atoms with Crippen molar-refractivity contribution in [3.05, 3.63) is 70.9 Å². The SMILES string of the molecule is Cc1ccc(-n2nc(C(C)(C)C)cc2NC(=O)CNC(=O)Nc2ccccc2C(F)(F)F)c(C)c1. The largest absolute Gasteiger partial charge is 0.418 e. The second-order valence-electron chi connectivity index (χ2n) is 9.27. The molecule has 0 radical (unpaired) electrons. The van der Waals surface area contributed by atoms with E-state index in [4.69, 9.17) is 0 Å². The number of carbonyl (C=O) groups is 2. The van der Waals surface area contributed by atoms with Gasteiger partial charge in [0.25, 0.3) is 0 Å². The highest BCUT2D eigenvalue weighted by Crippen LogP contribution is 2.34. The molecule has 0 unspecified atom stereocenters. The highest BCUT2D eigenvalue weighted by atomic mass is 19.4. The number of nitrogens with zero attached hydrogens (tertiary/aromatic N) is 2. The third kappa shape index (κ3) is 6.40. The first-order chi connectivity index (χ1) is 16.3. The Hall–Kier alpha value is -3.82. The van der Waals surface area contributed by atoms with Crippen LogP contribution < -0.4 is 16.0 Å². The van der Waals surface area contributed by atoms with Crippen LogP contribution in [-0.4, -0.2) is 28.3 Å². The van der Waals surface area contributed by atoms with Crippen LogP contribution in [0.4, 0.5) is 29.5 Å². The Morgan fingerprint density at radius 1 is 0.971 bits per heavy atom. The molecule has 35 heavy (non-hydrogen) atoms. The fourth-order valence-corrected chi connectivity index (χ4v) is 3.42. The Morgan fingerprint density at radius 2 is 1.66 bits per heavy atom. The quantitative estimate of drug-likeness (QED) is 0.440. The lowest BCUT2D eigenvalue weighted by Crippen LogP contribution is -2.36. The van der Waals surface area contributed by atoms with Gasteiger partial charge in [-0.3, -0.25) is 4.79 Å². The van der Waals surface area contributed by atoms with Gasteiger partial charge in [-0.25, -0.2) is 9.48 Å². The van der Waals surface area contributed by atoms with E-state index in [0.717, 1.165) is 34.6 Å². The molecule has 3 amide bonds. The third-order valence-corrected chi connectivity index (χ3v) is 5.22. The van der Waals surface area contributed by atoms with Crippen LogP contribution in [0.2, 0.25) is 0 Å². The summed E-state index contributed by atoms with van der Waals surface area (Å²) in [5.74, 6) is -0.146. The zero-order valence-corrected chi connectivity index (χ0v) is 20.2. The molecule has 1 aromatic heterocycles. The number of anilines is 2. The van der Waals surface area contributed by atoms with Crippen LogP contribution in [0.3, 0.4) is 0 Å². The minimum atomic E-state index is -4.63. The van der Waals surface area contributed by atoms with Crippen LogP contribution in [-0.2, 0) is 16.4 Å². The molecule has 3 rings (SSSR count). The molecular weight excluding hydrogens is 459 g/mol. The van der Waals surface area contributed by atoms with Crippen molar-refractivity contribution in [2.75, 3.05) is 17.2 Å². The maximum absolute atomic E-state index is 13.1. The summed E-state index contributed by atoms with van der Waals surface area (Å²) in [6.45, 7) is 9.46. The van der Waals surface area contributed by atoms with Gasteiger partial charge in [0.2, 0.25) is 5.91 Å². The van der Waals surface area contributed by atoms with Gasteiger partial charge in [0.1, 0.15) is 5.82 Å². The second-order valence-corrected chi connectivity index (χ2v) is 9.27. The zero-order valence-electron chi connectivity index (χ0n) is 20.2. The Labute approximate surface area is 201 Å². The molecule has 3 aromatic rings. The molecule has 0 fully saturated rings. The number of urea groups is 1. The summed E-state index contributed by atoms with van der Waals surface area (Å²) >= 11 is 0. The molecular formula is C25H28F3N5O2. The van der Waals surface area contributed by atoms with Gasteiger partial charge in [0.05, 0.1) is 29.2 Å². The molecule has 0 aliphatic carbocycles. The first kappa shape index (κ1) is 25.8. The Bertz CT molecular complexity index is 1240. The van der Waals surface area contributed by atoms with Crippen LogP contribution in [0.5, 0.6) is 0 Å². The van der Waals surface area contributed by atoms with Gasteiger partial charge < -0.3 is 16.0 Å². The third-order valence-electron chi connectivity index (χ3n) is 5.22. The van der Waals surface area contributed by atoms with Crippen LogP contribution >= 0.6 is 0 Å². The molecule has 0 aliphatic rings. The van der Waals surface area contributed by atoms with Gasteiger partial charge in [-0.15, -0.1) is 0 Å². The number of halogens is 3. The van der Waals surface area contributed by atoms with E-state index in [2.05, 4.69) is 21.0 Å². The molecule has 0 saturated heterocycles. The number of hydrogen-bond acceptors (Lipinski definition) is 3. The normalized spacial score (nSPS) is 11.8. The second kappa shape index (κ2) is 9.81. The van der Waals surface area contributed by atoms with Crippen LogP contribution in [0.15, 0.2) is 48.5 Å². The summed E-state index contributed by atoms with van der Waals surface area (Å²) in [5.41, 5.74) is 1.92. The molecule has 1 heterocycles. The lowest BCUT2D eigenvalue weighted by Gasteiger charge is -2.15. The molecule has 0 bridgehead atoms. The lowest BCUT2D eigenvalue weighted by atomic mass is 9.92. The zero-order chi connectivity index (χ0) is 26.0. The number of amides is 3. The number of alkyl halides is 3.